The van der Waals surface area contributed by atoms with E-state index in [9.17, 15) is 0 Å². The lowest BCUT2D eigenvalue weighted by molar-refractivity contribution is 0.144. The van der Waals surface area contributed by atoms with E-state index in [1.165, 1.54) is 0 Å². The lowest BCUT2D eigenvalue weighted by Gasteiger charge is -2.14. The molecule has 0 aliphatic heterocycles. The van der Waals surface area contributed by atoms with Crippen LogP contribution in [0.1, 0.15) is 23.8 Å². The van der Waals surface area contributed by atoms with Crippen molar-refractivity contribution < 1.29 is 14.2 Å². The molecule has 1 aromatic carbocycles. The topological polar surface area (TPSA) is 39.7 Å². The first-order valence-electron chi connectivity index (χ1n) is 8.04. The molecule has 0 aliphatic carbocycles. The zero-order valence-electron chi connectivity index (χ0n) is 14.1. The van der Waals surface area contributed by atoms with Crippen molar-refractivity contribution in [2.75, 3.05) is 26.9 Å². The van der Waals surface area contributed by atoms with Gasteiger partial charge in [0.2, 0.25) is 0 Å². The van der Waals surface area contributed by atoms with Crippen LogP contribution in [0.25, 0.3) is 0 Å². The molecule has 24 heavy (non-hydrogen) atoms. The summed E-state index contributed by atoms with van der Waals surface area (Å²) in [5, 5.41) is 5.97. The number of thiophene rings is 1. The quantitative estimate of drug-likeness (QED) is 0.592. The Morgan fingerprint density at radius 1 is 1.29 bits per heavy atom. The minimum Gasteiger partial charge on any atom is -0.493 e. The van der Waals surface area contributed by atoms with Crippen molar-refractivity contribution in [1.82, 2.24) is 5.32 Å². The highest BCUT2D eigenvalue weighted by Gasteiger charge is 2.12. The third-order valence-electron chi connectivity index (χ3n) is 3.40. The Kier molecular flexibility index (Phi) is 8.39. The molecule has 132 valence electrons. The zero-order chi connectivity index (χ0) is 17.2. The highest BCUT2D eigenvalue weighted by Crippen LogP contribution is 2.37. The fourth-order valence-corrected chi connectivity index (χ4v) is 3.13. The van der Waals surface area contributed by atoms with Crippen LogP contribution in [-0.2, 0) is 17.9 Å². The fraction of sp³-hybridized carbons (Fsp3) is 0.444. The normalized spacial score (nSPS) is 10.8. The number of rotatable bonds is 11. The SMILES string of the molecule is CCOCCCNCc1cc(Cl)c(OCc2cccs2)c(OC)c1. The van der Waals surface area contributed by atoms with E-state index in [1.54, 1.807) is 18.4 Å². The summed E-state index contributed by atoms with van der Waals surface area (Å²) in [5.41, 5.74) is 1.07. The predicted octanol–water partition coefficient (Wildman–Crippen LogP) is 4.51. The Morgan fingerprint density at radius 2 is 2.17 bits per heavy atom. The molecule has 0 fully saturated rings. The second kappa shape index (κ2) is 10.6. The van der Waals surface area contributed by atoms with E-state index in [-0.39, 0.29) is 0 Å². The Hall–Kier alpha value is -1.27. The molecule has 2 aromatic rings. The summed E-state index contributed by atoms with van der Waals surface area (Å²) < 4.78 is 16.6. The predicted molar refractivity (Wildman–Crippen MR) is 99.5 cm³/mol. The third-order valence-corrected chi connectivity index (χ3v) is 4.53. The lowest BCUT2D eigenvalue weighted by Crippen LogP contribution is -2.16. The summed E-state index contributed by atoms with van der Waals surface area (Å²) in [7, 11) is 1.63. The van der Waals surface area contributed by atoms with Gasteiger partial charge in [-0.3, -0.25) is 0 Å². The number of methoxy groups -OCH3 is 1. The van der Waals surface area contributed by atoms with Gasteiger partial charge in [-0.1, -0.05) is 17.7 Å². The van der Waals surface area contributed by atoms with Gasteiger partial charge in [0.1, 0.15) is 6.61 Å². The Morgan fingerprint density at radius 3 is 2.88 bits per heavy atom. The highest BCUT2D eigenvalue weighted by atomic mass is 35.5. The zero-order valence-corrected chi connectivity index (χ0v) is 15.7. The van der Waals surface area contributed by atoms with Gasteiger partial charge >= 0.3 is 0 Å². The number of nitrogens with one attached hydrogen (secondary N) is 1. The lowest BCUT2D eigenvalue weighted by atomic mass is 10.2. The first-order chi connectivity index (χ1) is 11.7. The summed E-state index contributed by atoms with van der Waals surface area (Å²) in [5.74, 6) is 1.25. The van der Waals surface area contributed by atoms with Crippen molar-refractivity contribution >= 4 is 22.9 Å². The van der Waals surface area contributed by atoms with Crippen molar-refractivity contribution in [3.8, 4) is 11.5 Å². The van der Waals surface area contributed by atoms with Crippen LogP contribution >= 0.6 is 22.9 Å². The maximum Gasteiger partial charge on any atom is 0.180 e. The molecule has 2 rings (SSSR count). The molecule has 0 atom stereocenters. The van der Waals surface area contributed by atoms with Crippen LogP contribution in [0, 0.1) is 0 Å². The van der Waals surface area contributed by atoms with Crippen molar-refractivity contribution in [2.45, 2.75) is 26.5 Å². The summed E-state index contributed by atoms with van der Waals surface area (Å²) in [6.45, 7) is 5.67. The number of hydrogen-bond donors (Lipinski definition) is 1. The second-order valence-electron chi connectivity index (χ2n) is 5.20. The number of halogens is 1. The first kappa shape index (κ1) is 19.1. The maximum atomic E-state index is 6.39. The number of benzene rings is 1. The minimum absolute atomic E-state index is 0.489. The fourth-order valence-electron chi connectivity index (χ4n) is 2.23. The van der Waals surface area contributed by atoms with E-state index < -0.39 is 0 Å². The molecule has 4 nitrogen and oxygen atoms in total. The van der Waals surface area contributed by atoms with Gasteiger partial charge in [-0.25, -0.2) is 0 Å². The monoisotopic (exact) mass is 369 g/mol. The molecule has 6 heteroatoms. The van der Waals surface area contributed by atoms with E-state index in [1.807, 2.05) is 36.6 Å². The summed E-state index contributed by atoms with van der Waals surface area (Å²) >= 11 is 8.04. The van der Waals surface area contributed by atoms with E-state index in [2.05, 4.69) is 5.32 Å². The van der Waals surface area contributed by atoms with Gasteiger partial charge in [-0.05, 0) is 49.0 Å². The molecule has 0 bridgehead atoms. The summed E-state index contributed by atoms with van der Waals surface area (Å²) in [6, 6.07) is 7.92. The van der Waals surface area contributed by atoms with Crippen LogP contribution in [0.15, 0.2) is 29.6 Å². The molecule has 1 aromatic heterocycles. The van der Waals surface area contributed by atoms with Crippen LogP contribution in [-0.4, -0.2) is 26.9 Å². The van der Waals surface area contributed by atoms with Crippen molar-refractivity contribution in [1.29, 1.82) is 0 Å². The van der Waals surface area contributed by atoms with Crippen LogP contribution in [0.5, 0.6) is 11.5 Å². The van der Waals surface area contributed by atoms with Crippen molar-refractivity contribution in [3.05, 3.63) is 45.1 Å². The molecule has 1 heterocycles. The van der Waals surface area contributed by atoms with Gasteiger partial charge in [-0.2, -0.15) is 0 Å². The smallest absolute Gasteiger partial charge is 0.180 e. The molecule has 0 saturated heterocycles. The molecule has 0 unspecified atom stereocenters. The van der Waals surface area contributed by atoms with Gasteiger partial charge in [0.25, 0.3) is 0 Å². The molecule has 1 N–H and O–H groups in total. The number of hydrogen-bond acceptors (Lipinski definition) is 5. The van der Waals surface area contributed by atoms with Gasteiger partial charge in [-0.15, -0.1) is 11.3 Å². The Bertz CT molecular complexity index is 605. The largest absolute Gasteiger partial charge is 0.493 e. The third kappa shape index (κ3) is 5.98. The van der Waals surface area contributed by atoms with Crippen LogP contribution in [0.3, 0.4) is 0 Å². The molecular weight excluding hydrogens is 346 g/mol. The molecule has 0 aliphatic rings. The molecular formula is C18H24ClNO3S. The van der Waals surface area contributed by atoms with E-state index in [0.717, 1.165) is 43.2 Å². The van der Waals surface area contributed by atoms with Crippen molar-refractivity contribution in [2.24, 2.45) is 0 Å². The van der Waals surface area contributed by atoms with Gasteiger partial charge in [0.15, 0.2) is 11.5 Å². The molecule has 0 saturated carbocycles. The first-order valence-corrected chi connectivity index (χ1v) is 9.30. The van der Waals surface area contributed by atoms with E-state index in [0.29, 0.717) is 23.1 Å². The summed E-state index contributed by atoms with van der Waals surface area (Å²) in [4.78, 5) is 1.15. The van der Waals surface area contributed by atoms with Crippen LogP contribution in [0.4, 0.5) is 0 Å². The average Bonchev–Trinajstić information content (AvgIpc) is 3.10. The Labute approximate surface area is 152 Å². The van der Waals surface area contributed by atoms with Crippen molar-refractivity contribution in [3.63, 3.8) is 0 Å². The summed E-state index contributed by atoms with van der Waals surface area (Å²) in [6.07, 6.45) is 0.987. The Balaban J connectivity index is 1.91. The van der Waals surface area contributed by atoms with E-state index >= 15 is 0 Å². The molecule has 0 amide bonds. The van der Waals surface area contributed by atoms with Gasteiger partial charge < -0.3 is 19.5 Å². The second-order valence-corrected chi connectivity index (χ2v) is 6.64. The van der Waals surface area contributed by atoms with Crippen LogP contribution < -0.4 is 14.8 Å². The van der Waals surface area contributed by atoms with Crippen LogP contribution in [0.2, 0.25) is 5.02 Å². The minimum atomic E-state index is 0.489. The highest BCUT2D eigenvalue weighted by molar-refractivity contribution is 7.09. The van der Waals surface area contributed by atoms with E-state index in [4.69, 9.17) is 25.8 Å². The maximum absolute atomic E-state index is 6.39. The van der Waals surface area contributed by atoms with Gasteiger partial charge in [0, 0.05) is 24.6 Å². The average molecular weight is 370 g/mol. The number of ether oxygens (including phenoxy) is 3. The molecule has 0 spiro atoms. The standard InChI is InChI=1S/C18H24ClNO3S/c1-3-22-8-5-7-20-12-14-10-16(19)18(17(11-14)21-2)23-13-15-6-4-9-24-15/h4,6,9-11,20H,3,5,7-8,12-13H2,1-2H3. The van der Waals surface area contributed by atoms with Gasteiger partial charge in [0.05, 0.1) is 12.1 Å². The molecule has 0 radical (unpaired) electrons.